The van der Waals surface area contributed by atoms with Crippen LogP contribution >= 0.6 is 0 Å². The monoisotopic (exact) mass is 242 g/mol. The molecule has 3 atom stereocenters. The van der Waals surface area contributed by atoms with E-state index in [0.717, 1.165) is 0 Å². The number of rotatable bonds is 4. The zero-order valence-corrected chi connectivity index (χ0v) is 10.6. The second-order valence-corrected chi connectivity index (χ2v) is 4.80. The topological polar surface area (TPSA) is 54.0 Å². The number of methoxy groups -OCH3 is 1. The van der Waals surface area contributed by atoms with E-state index >= 15 is 0 Å². The maximum Gasteiger partial charge on any atom is 0.187 e. The highest BCUT2D eigenvalue weighted by Gasteiger charge is 2.60. The van der Waals surface area contributed by atoms with Crippen LogP contribution in [-0.2, 0) is 23.7 Å². The molecule has 5 nitrogen and oxygen atoms in total. The van der Waals surface area contributed by atoms with Crippen molar-refractivity contribution in [3.8, 4) is 0 Å². The second-order valence-electron chi connectivity index (χ2n) is 4.80. The van der Waals surface area contributed by atoms with Crippen LogP contribution in [0.25, 0.3) is 0 Å². The molecule has 1 aliphatic carbocycles. The number of ether oxygens (including phenoxy) is 4. The summed E-state index contributed by atoms with van der Waals surface area (Å²) >= 11 is 0. The second kappa shape index (κ2) is 4.17. The van der Waals surface area contributed by atoms with Gasteiger partial charge in [0.15, 0.2) is 17.7 Å². The first kappa shape index (κ1) is 12.7. The summed E-state index contributed by atoms with van der Waals surface area (Å²) in [6.07, 6.45) is 2.28. The van der Waals surface area contributed by atoms with E-state index in [-0.39, 0.29) is 18.7 Å². The van der Waals surface area contributed by atoms with Gasteiger partial charge in [-0.15, -0.1) is 0 Å². The van der Waals surface area contributed by atoms with E-state index in [1.165, 1.54) is 6.08 Å². The largest absolute Gasteiger partial charge is 0.359 e. The van der Waals surface area contributed by atoms with Crippen molar-refractivity contribution in [3.63, 3.8) is 0 Å². The highest BCUT2D eigenvalue weighted by Crippen LogP contribution is 2.44. The van der Waals surface area contributed by atoms with Gasteiger partial charge < -0.3 is 18.9 Å². The quantitative estimate of drug-likeness (QED) is 0.689. The van der Waals surface area contributed by atoms with Crippen molar-refractivity contribution in [1.29, 1.82) is 0 Å². The molecule has 0 aromatic carbocycles. The molecule has 5 heteroatoms. The van der Waals surface area contributed by atoms with Crippen LogP contribution in [0.4, 0.5) is 0 Å². The Kier molecular flexibility index (Phi) is 3.12. The molecule has 1 saturated heterocycles. The predicted molar refractivity (Wildman–Crippen MR) is 59.3 cm³/mol. The van der Waals surface area contributed by atoms with Gasteiger partial charge in [0.25, 0.3) is 0 Å². The molecular weight excluding hydrogens is 224 g/mol. The van der Waals surface area contributed by atoms with Crippen molar-refractivity contribution < 1.29 is 23.7 Å². The average molecular weight is 242 g/mol. The van der Waals surface area contributed by atoms with Crippen LogP contribution in [0.5, 0.6) is 0 Å². The summed E-state index contributed by atoms with van der Waals surface area (Å²) in [5.74, 6) is -0.862. The Morgan fingerprint density at radius 1 is 1.53 bits per heavy atom. The summed E-state index contributed by atoms with van der Waals surface area (Å²) < 4.78 is 21.9. The van der Waals surface area contributed by atoms with Gasteiger partial charge in [0.1, 0.15) is 12.4 Å². The molecule has 2 aliphatic rings. The molecule has 96 valence electrons. The Bertz CT molecular complexity index is 349. The molecule has 0 aromatic rings. The Morgan fingerprint density at radius 3 is 2.88 bits per heavy atom. The Hall–Kier alpha value is -0.750. The summed E-state index contributed by atoms with van der Waals surface area (Å²) in [6.45, 7) is 5.58. The third-order valence-corrected chi connectivity index (χ3v) is 3.07. The van der Waals surface area contributed by atoms with E-state index in [4.69, 9.17) is 18.9 Å². The molecule has 17 heavy (non-hydrogen) atoms. The zero-order valence-electron chi connectivity index (χ0n) is 10.6. The van der Waals surface area contributed by atoms with Gasteiger partial charge in [-0.3, -0.25) is 4.79 Å². The minimum absolute atomic E-state index is 0.0801. The third-order valence-electron chi connectivity index (χ3n) is 3.07. The fourth-order valence-corrected chi connectivity index (χ4v) is 2.31. The SMILES string of the molecule is COCO[C@@H](C)[C@@]12C=CC(=O)[C@@H]1OC(C)(C)O2. The van der Waals surface area contributed by atoms with Gasteiger partial charge in [-0.25, -0.2) is 0 Å². The molecule has 0 amide bonds. The molecule has 0 bridgehead atoms. The molecule has 0 unspecified atom stereocenters. The van der Waals surface area contributed by atoms with Crippen LogP contribution in [0.2, 0.25) is 0 Å². The number of hydrogen-bond acceptors (Lipinski definition) is 5. The van der Waals surface area contributed by atoms with E-state index in [0.29, 0.717) is 0 Å². The van der Waals surface area contributed by atoms with E-state index in [9.17, 15) is 4.79 Å². The van der Waals surface area contributed by atoms with Gasteiger partial charge >= 0.3 is 0 Å². The number of hydrogen-bond donors (Lipinski definition) is 0. The van der Waals surface area contributed by atoms with E-state index in [1.54, 1.807) is 27.0 Å². The molecular formula is C12H18O5. The Morgan fingerprint density at radius 2 is 2.24 bits per heavy atom. The van der Waals surface area contributed by atoms with Crippen molar-refractivity contribution in [2.75, 3.05) is 13.9 Å². The molecule has 1 heterocycles. The Balaban J connectivity index is 2.21. The van der Waals surface area contributed by atoms with Crippen molar-refractivity contribution in [3.05, 3.63) is 12.2 Å². The van der Waals surface area contributed by atoms with Crippen molar-refractivity contribution in [2.24, 2.45) is 0 Å². The first-order valence-corrected chi connectivity index (χ1v) is 5.63. The van der Waals surface area contributed by atoms with Crippen LogP contribution in [0, 0.1) is 0 Å². The molecule has 0 saturated carbocycles. The lowest BCUT2D eigenvalue weighted by atomic mass is 9.94. The lowest BCUT2D eigenvalue weighted by molar-refractivity contribution is -0.188. The summed E-state index contributed by atoms with van der Waals surface area (Å²) in [4.78, 5) is 11.7. The van der Waals surface area contributed by atoms with Crippen molar-refractivity contribution in [2.45, 2.75) is 44.4 Å². The molecule has 1 fully saturated rings. The molecule has 0 radical (unpaired) electrons. The fraction of sp³-hybridized carbons (Fsp3) is 0.750. The minimum Gasteiger partial charge on any atom is -0.359 e. The lowest BCUT2D eigenvalue weighted by Crippen LogP contribution is -2.49. The van der Waals surface area contributed by atoms with Crippen molar-refractivity contribution >= 4 is 5.78 Å². The normalized spacial score (nSPS) is 36.2. The molecule has 2 rings (SSSR count). The number of ketones is 1. The van der Waals surface area contributed by atoms with Crippen LogP contribution in [0.1, 0.15) is 20.8 Å². The van der Waals surface area contributed by atoms with Gasteiger partial charge in [-0.05, 0) is 32.9 Å². The average Bonchev–Trinajstić information content (AvgIpc) is 2.69. The van der Waals surface area contributed by atoms with E-state index in [1.807, 2.05) is 6.92 Å². The summed E-state index contributed by atoms with van der Waals surface area (Å²) in [7, 11) is 1.55. The third kappa shape index (κ3) is 2.04. The minimum atomic E-state index is -0.834. The van der Waals surface area contributed by atoms with Gasteiger partial charge in [0.2, 0.25) is 0 Å². The summed E-state index contributed by atoms with van der Waals surface area (Å²) in [5, 5.41) is 0. The molecule has 0 N–H and O–H groups in total. The standard InChI is InChI=1S/C12H18O5/c1-8(15-7-14-4)12-6-5-9(13)10(12)16-11(2,3)17-12/h5-6,8,10H,7H2,1-4H3/t8-,10-,12-/m0/s1. The number of carbonyl (C=O) groups excluding carboxylic acids is 1. The van der Waals surface area contributed by atoms with E-state index in [2.05, 4.69) is 0 Å². The van der Waals surface area contributed by atoms with Gasteiger partial charge in [-0.1, -0.05) is 0 Å². The van der Waals surface area contributed by atoms with Gasteiger partial charge in [-0.2, -0.15) is 0 Å². The first-order valence-electron chi connectivity index (χ1n) is 5.63. The maximum absolute atomic E-state index is 11.7. The fourth-order valence-electron chi connectivity index (χ4n) is 2.31. The van der Waals surface area contributed by atoms with Crippen molar-refractivity contribution in [1.82, 2.24) is 0 Å². The van der Waals surface area contributed by atoms with Crippen LogP contribution in [0.3, 0.4) is 0 Å². The number of carbonyl (C=O) groups is 1. The maximum atomic E-state index is 11.7. The highest BCUT2D eigenvalue weighted by molar-refractivity contribution is 5.98. The molecule has 1 aliphatic heterocycles. The van der Waals surface area contributed by atoms with Crippen LogP contribution in [-0.4, -0.2) is 43.3 Å². The van der Waals surface area contributed by atoms with Gasteiger partial charge in [0, 0.05) is 7.11 Å². The summed E-state index contributed by atoms with van der Waals surface area (Å²) in [5.41, 5.74) is -0.834. The smallest absolute Gasteiger partial charge is 0.187 e. The van der Waals surface area contributed by atoms with Crippen LogP contribution < -0.4 is 0 Å². The molecule has 0 spiro atoms. The summed E-state index contributed by atoms with van der Waals surface area (Å²) in [6, 6.07) is 0. The highest BCUT2D eigenvalue weighted by atomic mass is 16.8. The van der Waals surface area contributed by atoms with E-state index < -0.39 is 17.5 Å². The first-order chi connectivity index (χ1) is 7.91. The zero-order chi connectivity index (χ0) is 12.7. The van der Waals surface area contributed by atoms with Crippen LogP contribution in [0.15, 0.2) is 12.2 Å². The number of fused-ring (bicyclic) bond motifs is 1. The predicted octanol–water partition coefficient (Wildman–Crippen LogP) is 1.02. The Labute approximate surface area is 101 Å². The lowest BCUT2D eigenvalue weighted by Gasteiger charge is -2.31. The van der Waals surface area contributed by atoms with Gasteiger partial charge in [0.05, 0.1) is 6.10 Å². The molecule has 0 aromatic heterocycles.